The molecule has 2 heterocycles. The molecule has 6 nitrogen and oxygen atoms in total. The van der Waals surface area contributed by atoms with E-state index in [1.54, 1.807) is 6.92 Å². The van der Waals surface area contributed by atoms with E-state index in [0.29, 0.717) is 16.8 Å². The number of carbonyl (C=O) groups is 1. The van der Waals surface area contributed by atoms with Crippen molar-refractivity contribution in [3.05, 3.63) is 62.6 Å². The summed E-state index contributed by atoms with van der Waals surface area (Å²) in [7, 11) is 0. The molecule has 1 aromatic carbocycles. The summed E-state index contributed by atoms with van der Waals surface area (Å²) >= 11 is 0. The zero-order chi connectivity index (χ0) is 19.8. The Morgan fingerprint density at radius 2 is 1.93 bits per heavy atom. The number of carbonyl (C=O) groups excluding carboxylic acids is 1. The van der Waals surface area contributed by atoms with E-state index in [4.69, 9.17) is 9.47 Å². The molecule has 0 bridgehead atoms. The Kier molecular flexibility index (Phi) is 4.97. The number of hydrogen-bond acceptors (Lipinski definition) is 5. The monoisotopic (exact) mass is 383 g/mol. The Bertz CT molecular complexity index is 932. The Hall–Kier alpha value is -2.81. The molecule has 0 aliphatic carbocycles. The predicted molar refractivity (Wildman–Crippen MR) is 87.4 cm³/mol. The van der Waals surface area contributed by atoms with E-state index in [2.05, 4.69) is 0 Å². The van der Waals surface area contributed by atoms with Crippen molar-refractivity contribution in [2.75, 3.05) is 6.61 Å². The predicted octanol–water partition coefficient (Wildman–Crippen LogP) is 2.83. The average Bonchev–Trinajstić information content (AvgIpc) is 3.08. The third-order valence-electron chi connectivity index (χ3n) is 4.24. The maximum Gasteiger partial charge on any atom is 0.416 e. The summed E-state index contributed by atoms with van der Waals surface area (Å²) < 4.78 is 49.4. The minimum Gasteiger partial charge on any atom is -0.506 e. The molecule has 0 radical (unpaired) electrons. The molecule has 3 rings (SSSR count). The lowest BCUT2D eigenvalue weighted by Gasteiger charge is -2.15. The van der Waals surface area contributed by atoms with Crippen LogP contribution < -0.4 is 5.56 Å². The largest absolute Gasteiger partial charge is 0.506 e. The van der Waals surface area contributed by atoms with Gasteiger partial charge in [-0.05, 0) is 24.6 Å². The van der Waals surface area contributed by atoms with E-state index < -0.39 is 34.6 Å². The van der Waals surface area contributed by atoms with Gasteiger partial charge in [-0.25, -0.2) is 4.79 Å². The van der Waals surface area contributed by atoms with Gasteiger partial charge < -0.3 is 19.1 Å². The minimum absolute atomic E-state index is 0.0147. The van der Waals surface area contributed by atoms with E-state index in [-0.39, 0.29) is 26.4 Å². The van der Waals surface area contributed by atoms with Crippen LogP contribution in [-0.2, 0) is 35.4 Å². The number of alkyl halides is 3. The third-order valence-corrected chi connectivity index (χ3v) is 4.24. The van der Waals surface area contributed by atoms with Gasteiger partial charge >= 0.3 is 12.1 Å². The molecule has 9 heteroatoms. The van der Waals surface area contributed by atoms with Gasteiger partial charge in [-0.15, -0.1) is 0 Å². The lowest BCUT2D eigenvalue weighted by Crippen LogP contribution is -2.30. The Morgan fingerprint density at radius 1 is 1.26 bits per heavy atom. The first-order chi connectivity index (χ1) is 12.7. The first-order valence-corrected chi connectivity index (χ1v) is 8.12. The van der Waals surface area contributed by atoms with Gasteiger partial charge in [-0.3, -0.25) is 4.79 Å². The second-order valence-electron chi connectivity index (χ2n) is 5.95. The highest BCUT2D eigenvalue weighted by molar-refractivity contribution is 5.92. The fourth-order valence-corrected chi connectivity index (χ4v) is 2.91. The van der Waals surface area contributed by atoms with Gasteiger partial charge in [-0.1, -0.05) is 12.1 Å². The lowest BCUT2D eigenvalue weighted by molar-refractivity contribution is -0.137. The molecule has 0 fully saturated rings. The second-order valence-corrected chi connectivity index (χ2v) is 5.95. The van der Waals surface area contributed by atoms with E-state index in [1.165, 1.54) is 16.7 Å². The van der Waals surface area contributed by atoms with Gasteiger partial charge in [0.2, 0.25) is 0 Å². The molecule has 1 N–H and O–H groups in total. The van der Waals surface area contributed by atoms with Crippen molar-refractivity contribution in [1.82, 2.24) is 4.57 Å². The summed E-state index contributed by atoms with van der Waals surface area (Å²) in [5.41, 5.74) is -0.983. The Morgan fingerprint density at radius 3 is 2.52 bits per heavy atom. The van der Waals surface area contributed by atoms with Crippen LogP contribution in [0.1, 0.15) is 39.7 Å². The van der Waals surface area contributed by atoms with Crippen molar-refractivity contribution in [3.8, 4) is 5.75 Å². The maximum absolute atomic E-state index is 12.8. The molecule has 0 saturated heterocycles. The summed E-state index contributed by atoms with van der Waals surface area (Å²) in [5.74, 6) is -1.44. The van der Waals surface area contributed by atoms with E-state index in [0.717, 1.165) is 12.1 Å². The molecule has 27 heavy (non-hydrogen) atoms. The van der Waals surface area contributed by atoms with Crippen molar-refractivity contribution in [2.45, 2.75) is 32.9 Å². The van der Waals surface area contributed by atoms with Crippen molar-refractivity contribution in [1.29, 1.82) is 0 Å². The summed E-state index contributed by atoms with van der Waals surface area (Å²) in [6.45, 7) is 1.56. The SMILES string of the molecule is CCOC(=O)c1c(O)c2c(n(Cc3ccc(C(F)(F)F)cc3)c1=O)COC2. The van der Waals surface area contributed by atoms with Crippen LogP contribution >= 0.6 is 0 Å². The fourth-order valence-electron chi connectivity index (χ4n) is 2.91. The van der Waals surface area contributed by atoms with E-state index in [9.17, 15) is 27.9 Å². The van der Waals surface area contributed by atoms with Crippen LogP contribution in [0, 0.1) is 0 Å². The minimum atomic E-state index is -4.46. The summed E-state index contributed by atoms with van der Waals surface area (Å²) in [6, 6.07) is 4.36. The lowest BCUT2D eigenvalue weighted by atomic mass is 10.1. The standard InChI is InChI=1S/C18H16F3NO5/c1-2-27-17(25)14-15(23)12-8-26-9-13(12)22(16(14)24)7-10-3-5-11(6-4-10)18(19,20)21/h3-6,23H,2,7-9H2,1H3. The Labute approximate surface area is 151 Å². The van der Waals surface area contributed by atoms with Crippen LogP contribution in [0.25, 0.3) is 0 Å². The van der Waals surface area contributed by atoms with Gasteiger partial charge in [0.1, 0.15) is 5.75 Å². The number of rotatable bonds is 4. The van der Waals surface area contributed by atoms with Gasteiger partial charge in [0.15, 0.2) is 5.56 Å². The molecule has 1 aliphatic heterocycles. The number of pyridine rings is 1. The molecular formula is C18H16F3NO5. The molecule has 0 amide bonds. The van der Waals surface area contributed by atoms with Gasteiger partial charge in [-0.2, -0.15) is 13.2 Å². The first kappa shape index (κ1) is 19.0. The molecule has 1 aromatic heterocycles. The molecule has 2 aromatic rings. The highest BCUT2D eigenvalue weighted by Gasteiger charge is 2.31. The van der Waals surface area contributed by atoms with Crippen LogP contribution in [0.4, 0.5) is 13.2 Å². The number of hydrogen-bond donors (Lipinski definition) is 1. The number of fused-ring (bicyclic) bond motifs is 1. The Balaban J connectivity index is 2.05. The van der Waals surface area contributed by atoms with Gasteiger partial charge in [0, 0.05) is 5.56 Å². The number of aromatic hydroxyl groups is 1. The van der Waals surface area contributed by atoms with Crippen molar-refractivity contribution in [3.63, 3.8) is 0 Å². The number of halogens is 3. The molecule has 1 aliphatic rings. The quantitative estimate of drug-likeness (QED) is 0.822. The molecule has 144 valence electrons. The maximum atomic E-state index is 12.8. The van der Waals surface area contributed by atoms with Gasteiger partial charge in [0.05, 0.1) is 37.6 Å². The summed E-state index contributed by atoms with van der Waals surface area (Å²) in [4.78, 5) is 24.8. The second kappa shape index (κ2) is 7.07. The zero-order valence-corrected chi connectivity index (χ0v) is 14.3. The van der Waals surface area contributed by atoms with Crippen LogP contribution in [-0.4, -0.2) is 22.2 Å². The average molecular weight is 383 g/mol. The number of aromatic nitrogens is 1. The first-order valence-electron chi connectivity index (χ1n) is 8.12. The topological polar surface area (TPSA) is 77.8 Å². The van der Waals surface area contributed by atoms with E-state index >= 15 is 0 Å². The van der Waals surface area contributed by atoms with Crippen LogP contribution in [0.5, 0.6) is 5.75 Å². The highest BCUT2D eigenvalue weighted by atomic mass is 19.4. The molecule has 0 spiro atoms. The van der Waals surface area contributed by atoms with Crippen LogP contribution in [0.2, 0.25) is 0 Å². The molecule has 0 saturated carbocycles. The highest BCUT2D eigenvalue weighted by Crippen LogP contribution is 2.31. The zero-order valence-electron chi connectivity index (χ0n) is 14.3. The number of esters is 1. The molecule has 0 atom stereocenters. The van der Waals surface area contributed by atoms with Gasteiger partial charge in [0.25, 0.3) is 5.56 Å². The molecule has 0 unspecified atom stereocenters. The normalized spacial score (nSPS) is 13.5. The van der Waals surface area contributed by atoms with Crippen molar-refractivity contribution < 1.29 is 32.5 Å². The number of nitrogens with zero attached hydrogens (tertiary/aromatic N) is 1. The summed E-state index contributed by atoms with van der Waals surface area (Å²) in [6.07, 6.45) is -4.46. The number of benzene rings is 1. The summed E-state index contributed by atoms with van der Waals surface area (Å²) in [5, 5.41) is 10.3. The van der Waals surface area contributed by atoms with Crippen molar-refractivity contribution in [2.24, 2.45) is 0 Å². The van der Waals surface area contributed by atoms with Crippen LogP contribution in [0.3, 0.4) is 0 Å². The molecular weight excluding hydrogens is 367 g/mol. The number of ether oxygens (including phenoxy) is 2. The van der Waals surface area contributed by atoms with Crippen molar-refractivity contribution >= 4 is 5.97 Å². The fraction of sp³-hybridized carbons (Fsp3) is 0.333. The van der Waals surface area contributed by atoms with Crippen LogP contribution in [0.15, 0.2) is 29.1 Å². The third kappa shape index (κ3) is 3.55. The smallest absolute Gasteiger partial charge is 0.416 e. The van der Waals surface area contributed by atoms with E-state index in [1.807, 2.05) is 0 Å².